The Kier molecular flexibility index (Phi) is 6.45. The van der Waals surface area contributed by atoms with Gasteiger partial charge in [-0.05, 0) is 38.1 Å². The van der Waals surface area contributed by atoms with Crippen LogP contribution in [0.3, 0.4) is 0 Å². The first kappa shape index (κ1) is 22.3. The third-order valence-electron chi connectivity index (χ3n) is 6.71. The molecule has 2 aliphatic rings. The molecule has 1 aromatic heterocycles. The van der Waals surface area contributed by atoms with Gasteiger partial charge in [0.1, 0.15) is 5.54 Å². The maximum Gasteiger partial charge on any atom is 0.325 e. The first-order valence-electron chi connectivity index (χ1n) is 11.6. The second-order valence-electron chi connectivity index (χ2n) is 8.58. The second-order valence-corrected chi connectivity index (χ2v) is 8.58. The number of nitrogens with one attached hydrogen (secondary N) is 2. The van der Waals surface area contributed by atoms with Gasteiger partial charge in [0.25, 0.3) is 5.91 Å². The fourth-order valence-corrected chi connectivity index (χ4v) is 4.78. The molecule has 0 unspecified atom stereocenters. The molecule has 1 aliphatic heterocycles. The second kappa shape index (κ2) is 9.28. The molecular weight excluding hydrogens is 408 g/mol. The SMILES string of the molecule is CCN(CC)CCn1c(NC(=O)CCN2C(=O)NC3(CCCC3)C2=O)nc2ccccc21. The van der Waals surface area contributed by atoms with E-state index in [-0.39, 0.29) is 24.8 Å². The van der Waals surface area contributed by atoms with Gasteiger partial charge >= 0.3 is 6.03 Å². The summed E-state index contributed by atoms with van der Waals surface area (Å²) >= 11 is 0. The van der Waals surface area contributed by atoms with Gasteiger partial charge in [-0.3, -0.25) is 19.8 Å². The van der Waals surface area contributed by atoms with Crippen molar-refractivity contribution in [3.8, 4) is 0 Å². The molecule has 9 nitrogen and oxygen atoms in total. The highest BCUT2D eigenvalue weighted by molar-refractivity contribution is 6.07. The molecule has 1 spiro atoms. The first-order chi connectivity index (χ1) is 15.5. The van der Waals surface area contributed by atoms with E-state index < -0.39 is 11.6 Å². The number of carbonyl (C=O) groups is 3. The summed E-state index contributed by atoms with van der Waals surface area (Å²) < 4.78 is 2.02. The Hall–Kier alpha value is -2.94. The number of amides is 4. The van der Waals surface area contributed by atoms with E-state index in [0.29, 0.717) is 25.3 Å². The molecule has 1 saturated heterocycles. The lowest BCUT2D eigenvalue weighted by molar-refractivity contribution is -0.131. The summed E-state index contributed by atoms with van der Waals surface area (Å²) in [6, 6.07) is 7.41. The smallest absolute Gasteiger partial charge is 0.323 e. The van der Waals surface area contributed by atoms with Crippen molar-refractivity contribution < 1.29 is 14.4 Å². The zero-order valence-electron chi connectivity index (χ0n) is 18.9. The molecule has 0 bridgehead atoms. The molecule has 1 aromatic carbocycles. The van der Waals surface area contributed by atoms with Crippen LogP contribution in [0, 0.1) is 0 Å². The average Bonchev–Trinajstić information content (AvgIpc) is 3.45. The van der Waals surface area contributed by atoms with Gasteiger partial charge in [0.15, 0.2) is 0 Å². The number of imide groups is 1. The zero-order valence-corrected chi connectivity index (χ0v) is 18.9. The van der Waals surface area contributed by atoms with Crippen LogP contribution in [-0.4, -0.2) is 68.9 Å². The van der Waals surface area contributed by atoms with Crippen molar-refractivity contribution in [2.75, 3.05) is 31.5 Å². The molecule has 2 N–H and O–H groups in total. The van der Waals surface area contributed by atoms with Crippen LogP contribution in [0.4, 0.5) is 10.7 Å². The summed E-state index contributed by atoms with van der Waals surface area (Å²) in [6.45, 7) is 7.79. The molecule has 0 atom stereocenters. The Morgan fingerprint density at radius 2 is 1.88 bits per heavy atom. The van der Waals surface area contributed by atoms with Crippen LogP contribution in [0.25, 0.3) is 11.0 Å². The average molecular weight is 441 g/mol. The Bertz CT molecular complexity index is 1010. The number of rotatable bonds is 9. The molecule has 0 radical (unpaired) electrons. The molecular formula is C23H32N6O3. The topological polar surface area (TPSA) is 99.6 Å². The normalized spacial score (nSPS) is 17.7. The van der Waals surface area contributed by atoms with Crippen molar-refractivity contribution >= 4 is 34.8 Å². The van der Waals surface area contributed by atoms with Crippen molar-refractivity contribution in [2.45, 2.75) is 58.0 Å². The third-order valence-corrected chi connectivity index (χ3v) is 6.71. The maximum absolute atomic E-state index is 12.8. The number of para-hydroxylation sites is 2. The number of anilines is 1. The van der Waals surface area contributed by atoms with Gasteiger partial charge in [0.05, 0.1) is 11.0 Å². The van der Waals surface area contributed by atoms with Crippen molar-refractivity contribution in [2.24, 2.45) is 0 Å². The lowest BCUT2D eigenvalue weighted by Gasteiger charge is -2.20. The summed E-state index contributed by atoms with van der Waals surface area (Å²) in [5.74, 6) is 0.0319. The summed E-state index contributed by atoms with van der Waals surface area (Å²) in [5.41, 5.74) is 1.04. The number of carbonyl (C=O) groups excluding carboxylic acids is 3. The Labute approximate surface area is 188 Å². The minimum Gasteiger partial charge on any atom is -0.323 e. The largest absolute Gasteiger partial charge is 0.325 e. The van der Waals surface area contributed by atoms with Gasteiger partial charge in [-0.25, -0.2) is 9.78 Å². The minimum absolute atomic E-state index is 0.0362. The molecule has 2 heterocycles. The minimum atomic E-state index is -0.744. The fourth-order valence-electron chi connectivity index (χ4n) is 4.78. The Balaban J connectivity index is 1.43. The van der Waals surface area contributed by atoms with Crippen LogP contribution in [0.15, 0.2) is 24.3 Å². The lowest BCUT2D eigenvalue weighted by Crippen LogP contribution is -2.44. The molecule has 2 aromatic rings. The summed E-state index contributed by atoms with van der Waals surface area (Å²) in [4.78, 5) is 46.0. The van der Waals surface area contributed by atoms with Crippen LogP contribution < -0.4 is 10.6 Å². The van der Waals surface area contributed by atoms with Crippen molar-refractivity contribution in [3.63, 3.8) is 0 Å². The van der Waals surface area contributed by atoms with E-state index in [1.54, 1.807) is 0 Å². The van der Waals surface area contributed by atoms with Crippen LogP contribution in [0.2, 0.25) is 0 Å². The zero-order chi connectivity index (χ0) is 22.7. The molecule has 32 heavy (non-hydrogen) atoms. The molecule has 9 heteroatoms. The molecule has 172 valence electrons. The fraction of sp³-hybridized carbons (Fsp3) is 0.565. The number of fused-ring (bicyclic) bond motifs is 1. The van der Waals surface area contributed by atoms with E-state index in [0.717, 1.165) is 43.5 Å². The summed E-state index contributed by atoms with van der Waals surface area (Å²) in [5, 5.41) is 5.75. The number of likely N-dealkylation sites (N-methyl/N-ethyl adjacent to an activating group) is 1. The molecule has 1 saturated carbocycles. The van der Waals surface area contributed by atoms with Crippen molar-refractivity contribution in [1.29, 1.82) is 0 Å². The number of nitrogens with zero attached hydrogens (tertiary/aromatic N) is 4. The van der Waals surface area contributed by atoms with Gasteiger partial charge in [0, 0.05) is 26.1 Å². The van der Waals surface area contributed by atoms with E-state index >= 15 is 0 Å². The van der Waals surface area contributed by atoms with E-state index in [2.05, 4.69) is 34.4 Å². The lowest BCUT2D eigenvalue weighted by atomic mass is 9.98. The number of aromatic nitrogens is 2. The molecule has 4 rings (SSSR count). The van der Waals surface area contributed by atoms with Gasteiger partial charge < -0.3 is 14.8 Å². The van der Waals surface area contributed by atoms with Gasteiger partial charge in [-0.15, -0.1) is 0 Å². The quantitative estimate of drug-likeness (QED) is 0.584. The summed E-state index contributed by atoms with van der Waals surface area (Å²) in [7, 11) is 0. The highest BCUT2D eigenvalue weighted by Gasteiger charge is 2.52. The van der Waals surface area contributed by atoms with Crippen molar-refractivity contribution in [1.82, 2.24) is 24.7 Å². The van der Waals surface area contributed by atoms with E-state index in [9.17, 15) is 14.4 Å². The number of benzene rings is 1. The predicted molar refractivity (Wildman–Crippen MR) is 122 cm³/mol. The maximum atomic E-state index is 12.8. The first-order valence-corrected chi connectivity index (χ1v) is 11.6. The number of imidazole rings is 1. The van der Waals surface area contributed by atoms with Crippen molar-refractivity contribution in [3.05, 3.63) is 24.3 Å². The number of hydrogen-bond acceptors (Lipinski definition) is 5. The van der Waals surface area contributed by atoms with E-state index in [1.165, 1.54) is 4.90 Å². The molecule has 4 amide bonds. The monoisotopic (exact) mass is 440 g/mol. The highest BCUT2D eigenvalue weighted by atomic mass is 16.2. The van der Waals surface area contributed by atoms with Crippen LogP contribution in [0.1, 0.15) is 46.0 Å². The standard InChI is InChI=1S/C23H32N6O3/c1-3-27(4-2)15-16-28-18-10-6-5-9-17(18)24-21(28)25-19(30)11-14-29-20(31)23(26-22(29)32)12-7-8-13-23/h5-6,9-10H,3-4,7-8,11-16H2,1-2H3,(H,26,32)(H,24,25,30). The van der Waals surface area contributed by atoms with E-state index in [1.807, 2.05) is 28.8 Å². The Morgan fingerprint density at radius 3 is 2.59 bits per heavy atom. The van der Waals surface area contributed by atoms with Crippen LogP contribution in [0.5, 0.6) is 0 Å². The van der Waals surface area contributed by atoms with Crippen LogP contribution in [-0.2, 0) is 16.1 Å². The Morgan fingerprint density at radius 1 is 1.16 bits per heavy atom. The van der Waals surface area contributed by atoms with Crippen LogP contribution >= 0.6 is 0 Å². The number of urea groups is 1. The predicted octanol–water partition coefficient (Wildman–Crippen LogP) is 2.57. The third kappa shape index (κ3) is 4.21. The van der Waals surface area contributed by atoms with Gasteiger partial charge in [0.2, 0.25) is 11.9 Å². The molecule has 2 fully saturated rings. The molecule has 1 aliphatic carbocycles. The van der Waals surface area contributed by atoms with E-state index in [4.69, 9.17) is 0 Å². The van der Waals surface area contributed by atoms with Gasteiger partial charge in [-0.2, -0.15) is 0 Å². The summed E-state index contributed by atoms with van der Waals surface area (Å²) in [6.07, 6.45) is 3.26. The van der Waals surface area contributed by atoms with Gasteiger partial charge in [-0.1, -0.05) is 38.8 Å². The number of hydrogen-bond donors (Lipinski definition) is 2. The highest BCUT2D eigenvalue weighted by Crippen LogP contribution is 2.35.